The standard InChI is InChI=1S/C18H14ClN3O4/c19-12-5-10-7-14(18(25)26)17(24)22-16(10)11(6-12)8-15(23)21-9-13-3-1-2-4-20-13/h1-7H,8-9H2,(H,21,23)(H,22,24)(H,25,26). The maximum absolute atomic E-state index is 12.2. The second kappa shape index (κ2) is 7.37. The molecule has 2 heterocycles. The van der Waals surface area contributed by atoms with Gasteiger partial charge in [-0.25, -0.2) is 4.79 Å². The van der Waals surface area contributed by atoms with Crippen molar-refractivity contribution in [3.05, 3.63) is 74.8 Å². The van der Waals surface area contributed by atoms with E-state index in [1.54, 1.807) is 24.4 Å². The van der Waals surface area contributed by atoms with Crippen LogP contribution in [0.1, 0.15) is 21.6 Å². The molecule has 8 heteroatoms. The minimum absolute atomic E-state index is 0.0216. The number of carbonyl (C=O) groups is 2. The summed E-state index contributed by atoms with van der Waals surface area (Å²) in [5, 5.41) is 12.6. The molecule has 0 unspecified atom stereocenters. The van der Waals surface area contributed by atoms with E-state index in [-0.39, 0.29) is 24.4 Å². The molecule has 0 fully saturated rings. The van der Waals surface area contributed by atoms with E-state index in [1.165, 1.54) is 12.1 Å². The predicted molar refractivity (Wildman–Crippen MR) is 96.3 cm³/mol. The van der Waals surface area contributed by atoms with Gasteiger partial charge in [0.15, 0.2) is 0 Å². The summed E-state index contributed by atoms with van der Waals surface area (Å²) < 4.78 is 0. The Hall–Kier alpha value is -3.19. The lowest BCUT2D eigenvalue weighted by Crippen LogP contribution is -2.25. The maximum Gasteiger partial charge on any atom is 0.341 e. The number of pyridine rings is 2. The molecule has 0 atom stereocenters. The van der Waals surface area contributed by atoms with Crippen molar-refractivity contribution in [2.75, 3.05) is 0 Å². The van der Waals surface area contributed by atoms with Gasteiger partial charge in [0.1, 0.15) is 5.56 Å². The van der Waals surface area contributed by atoms with Gasteiger partial charge >= 0.3 is 5.97 Å². The quantitative estimate of drug-likeness (QED) is 0.636. The lowest BCUT2D eigenvalue weighted by molar-refractivity contribution is -0.120. The van der Waals surface area contributed by atoms with Crippen molar-refractivity contribution in [1.82, 2.24) is 15.3 Å². The number of nitrogens with one attached hydrogen (secondary N) is 2. The number of rotatable bonds is 5. The molecule has 0 aliphatic rings. The molecular weight excluding hydrogens is 358 g/mol. The molecule has 3 rings (SSSR count). The minimum atomic E-state index is -1.33. The van der Waals surface area contributed by atoms with Crippen molar-refractivity contribution < 1.29 is 14.7 Å². The van der Waals surface area contributed by atoms with E-state index in [0.29, 0.717) is 21.5 Å². The highest BCUT2D eigenvalue weighted by Gasteiger charge is 2.14. The fraction of sp³-hybridized carbons (Fsp3) is 0.111. The van der Waals surface area contributed by atoms with Crippen molar-refractivity contribution in [2.24, 2.45) is 0 Å². The van der Waals surface area contributed by atoms with Crippen LogP contribution in [-0.2, 0) is 17.8 Å². The van der Waals surface area contributed by atoms with Crippen LogP contribution in [0.25, 0.3) is 10.9 Å². The molecule has 0 radical (unpaired) electrons. The number of carbonyl (C=O) groups excluding carboxylic acids is 1. The summed E-state index contributed by atoms with van der Waals surface area (Å²) in [4.78, 5) is 41.9. The first kappa shape index (κ1) is 17.6. The van der Waals surface area contributed by atoms with Gasteiger partial charge in [-0.3, -0.25) is 14.6 Å². The van der Waals surface area contributed by atoms with Crippen LogP contribution in [0, 0.1) is 0 Å². The second-order valence-electron chi connectivity index (χ2n) is 5.62. The number of carboxylic acid groups (broad SMARTS) is 1. The molecule has 1 amide bonds. The summed E-state index contributed by atoms with van der Waals surface area (Å²) in [6.07, 6.45) is 1.61. The van der Waals surface area contributed by atoms with Gasteiger partial charge in [-0.15, -0.1) is 0 Å². The zero-order valence-corrected chi connectivity index (χ0v) is 14.2. The maximum atomic E-state index is 12.2. The molecule has 0 saturated carbocycles. The number of hydrogen-bond donors (Lipinski definition) is 3. The average Bonchev–Trinajstić information content (AvgIpc) is 2.61. The van der Waals surface area contributed by atoms with Crippen LogP contribution in [0.4, 0.5) is 0 Å². The Bertz CT molecular complexity index is 1050. The van der Waals surface area contributed by atoms with E-state index < -0.39 is 11.5 Å². The summed E-state index contributed by atoms with van der Waals surface area (Å²) in [7, 11) is 0. The molecule has 0 bridgehead atoms. The molecule has 7 nitrogen and oxygen atoms in total. The smallest absolute Gasteiger partial charge is 0.341 e. The van der Waals surface area contributed by atoms with Crippen LogP contribution in [0.5, 0.6) is 0 Å². The molecular formula is C18H14ClN3O4. The number of amides is 1. The SMILES string of the molecule is O=C(Cc1cc(Cl)cc2cc(C(=O)O)c(=O)[nH]c12)NCc1ccccn1. The Morgan fingerprint density at radius 3 is 2.73 bits per heavy atom. The Kier molecular flexibility index (Phi) is 4.99. The van der Waals surface area contributed by atoms with Crippen LogP contribution in [-0.4, -0.2) is 27.0 Å². The summed E-state index contributed by atoms with van der Waals surface area (Å²) in [5.41, 5.74) is 0.488. The lowest BCUT2D eigenvalue weighted by Gasteiger charge is -2.09. The molecule has 1 aromatic carbocycles. The average molecular weight is 372 g/mol. The fourth-order valence-corrected chi connectivity index (χ4v) is 2.83. The normalized spacial score (nSPS) is 10.7. The van der Waals surface area contributed by atoms with Crippen LogP contribution in [0.3, 0.4) is 0 Å². The number of aromatic amines is 1. The van der Waals surface area contributed by atoms with Crippen molar-refractivity contribution in [2.45, 2.75) is 13.0 Å². The van der Waals surface area contributed by atoms with E-state index >= 15 is 0 Å². The first-order chi connectivity index (χ1) is 12.4. The van der Waals surface area contributed by atoms with Gasteiger partial charge in [-0.2, -0.15) is 0 Å². The Balaban J connectivity index is 1.87. The van der Waals surface area contributed by atoms with Gasteiger partial charge in [0, 0.05) is 16.6 Å². The Morgan fingerprint density at radius 1 is 1.23 bits per heavy atom. The Labute approximate surface area is 152 Å². The van der Waals surface area contributed by atoms with Gasteiger partial charge in [-0.1, -0.05) is 17.7 Å². The summed E-state index contributed by atoms with van der Waals surface area (Å²) in [6, 6.07) is 9.75. The van der Waals surface area contributed by atoms with E-state index in [9.17, 15) is 14.4 Å². The predicted octanol–water partition coefficient (Wildman–Crippen LogP) is 2.13. The Morgan fingerprint density at radius 2 is 2.04 bits per heavy atom. The number of carboxylic acids is 1. The van der Waals surface area contributed by atoms with Gasteiger partial charge in [0.05, 0.1) is 24.2 Å². The van der Waals surface area contributed by atoms with Crippen LogP contribution in [0.2, 0.25) is 5.02 Å². The molecule has 3 aromatic rings. The number of H-pyrrole nitrogens is 1. The summed E-state index contributed by atoms with van der Waals surface area (Å²) in [5.74, 6) is -1.61. The fourth-order valence-electron chi connectivity index (χ4n) is 2.58. The highest BCUT2D eigenvalue weighted by molar-refractivity contribution is 6.31. The molecule has 0 aliphatic heterocycles. The molecule has 2 aromatic heterocycles. The number of benzene rings is 1. The molecule has 26 heavy (non-hydrogen) atoms. The van der Waals surface area contributed by atoms with E-state index in [1.807, 2.05) is 6.07 Å². The number of aromatic carboxylic acids is 1. The third kappa shape index (κ3) is 3.89. The van der Waals surface area contributed by atoms with Crippen molar-refractivity contribution in [1.29, 1.82) is 0 Å². The molecule has 0 spiro atoms. The lowest BCUT2D eigenvalue weighted by atomic mass is 10.0. The zero-order valence-electron chi connectivity index (χ0n) is 13.5. The van der Waals surface area contributed by atoms with Gasteiger partial charge < -0.3 is 15.4 Å². The van der Waals surface area contributed by atoms with E-state index in [0.717, 1.165) is 5.69 Å². The topological polar surface area (TPSA) is 112 Å². The number of aromatic nitrogens is 2. The van der Waals surface area contributed by atoms with Crippen molar-refractivity contribution in [3.8, 4) is 0 Å². The van der Waals surface area contributed by atoms with E-state index in [4.69, 9.17) is 16.7 Å². The van der Waals surface area contributed by atoms with Crippen molar-refractivity contribution >= 4 is 34.4 Å². The number of halogens is 1. The number of hydrogen-bond acceptors (Lipinski definition) is 4. The first-order valence-corrected chi connectivity index (χ1v) is 8.07. The zero-order chi connectivity index (χ0) is 18.7. The summed E-state index contributed by atoms with van der Waals surface area (Å²) >= 11 is 6.07. The highest BCUT2D eigenvalue weighted by Crippen LogP contribution is 2.23. The number of fused-ring (bicyclic) bond motifs is 1. The van der Waals surface area contributed by atoms with Gasteiger partial charge in [0.25, 0.3) is 5.56 Å². The van der Waals surface area contributed by atoms with Gasteiger partial charge in [0.2, 0.25) is 5.91 Å². The highest BCUT2D eigenvalue weighted by atomic mass is 35.5. The van der Waals surface area contributed by atoms with Crippen LogP contribution in [0.15, 0.2) is 47.4 Å². The molecule has 3 N–H and O–H groups in total. The second-order valence-corrected chi connectivity index (χ2v) is 6.06. The summed E-state index contributed by atoms with van der Waals surface area (Å²) in [6.45, 7) is 0.276. The molecule has 0 aliphatic carbocycles. The third-order valence-corrected chi connectivity index (χ3v) is 3.99. The third-order valence-electron chi connectivity index (χ3n) is 3.77. The molecule has 132 valence electrons. The monoisotopic (exact) mass is 371 g/mol. The van der Waals surface area contributed by atoms with Crippen molar-refractivity contribution in [3.63, 3.8) is 0 Å². The van der Waals surface area contributed by atoms with E-state index in [2.05, 4.69) is 15.3 Å². The number of nitrogens with zero attached hydrogens (tertiary/aromatic N) is 1. The minimum Gasteiger partial charge on any atom is -0.477 e. The van der Waals surface area contributed by atoms with Crippen LogP contribution < -0.4 is 10.9 Å². The largest absolute Gasteiger partial charge is 0.477 e. The van der Waals surface area contributed by atoms with Gasteiger partial charge in [-0.05, 0) is 35.9 Å². The molecule has 0 saturated heterocycles. The first-order valence-electron chi connectivity index (χ1n) is 7.69. The van der Waals surface area contributed by atoms with Crippen LogP contribution >= 0.6 is 11.6 Å².